The fraction of sp³-hybridized carbons (Fsp3) is 0.464. The molecule has 1 aliphatic carbocycles. The van der Waals surface area contributed by atoms with E-state index in [1.165, 1.54) is 10.6 Å². The zero-order valence-corrected chi connectivity index (χ0v) is 26.0. The number of halogens is 4. The van der Waals surface area contributed by atoms with Crippen molar-refractivity contribution >= 4 is 60.8 Å². The lowest BCUT2D eigenvalue weighted by molar-refractivity contribution is -0.136. The van der Waals surface area contributed by atoms with E-state index in [9.17, 15) is 27.6 Å². The highest BCUT2D eigenvalue weighted by molar-refractivity contribution is 9.10. The van der Waals surface area contributed by atoms with Gasteiger partial charge in [0.15, 0.2) is 0 Å². The summed E-state index contributed by atoms with van der Waals surface area (Å²) in [5.74, 6) is -0.304. The highest BCUT2D eigenvalue weighted by atomic mass is 79.9. The van der Waals surface area contributed by atoms with E-state index >= 15 is 0 Å². The largest absolute Gasteiger partial charge is 0.444 e. The number of piperidine rings is 1. The Bertz CT molecular complexity index is 1830. The molecule has 1 fully saturated rings. The molecule has 2 amide bonds. The van der Waals surface area contributed by atoms with Crippen molar-refractivity contribution in [3.63, 3.8) is 0 Å². The molecule has 1 aliphatic heterocycles. The van der Waals surface area contributed by atoms with Gasteiger partial charge in [-0.15, -0.1) is 16.4 Å². The van der Waals surface area contributed by atoms with E-state index in [1.807, 2.05) is 20.8 Å². The standard InChI is InChI=1S/C28H28BrF3N6O4S/c1-26(2,3)42-25(41)36-11-9-27(10-12-36)8-6-18-20(27)22(40)38-24(34-23(29)35-38)37(18)14-19(39)33-17-5-4-16(28(30,31)32)21-15(17)7-13-43-21/h4-5,7,13H,6,8-12,14H2,1-3H3,(H,33,39). The molecule has 1 spiro atoms. The average Bonchev–Trinajstić information content (AvgIpc) is 3.63. The van der Waals surface area contributed by atoms with Crippen LogP contribution in [0.2, 0.25) is 0 Å². The number of anilines is 1. The van der Waals surface area contributed by atoms with Crippen molar-refractivity contribution in [1.29, 1.82) is 0 Å². The molecule has 15 heteroatoms. The zero-order valence-electron chi connectivity index (χ0n) is 23.5. The number of hydrogen-bond donors (Lipinski definition) is 1. The third kappa shape index (κ3) is 5.30. The Morgan fingerprint density at radius 1 is 1.14 bits per heavy atom. The van der Waals surface area contributed by atoms with Crippen LogP contribution in [0.1, 0.15) is 56.9 Å². The third-order valence-corrected chi connectivity index (χ3v) is 9.35. The zero-order chi connectivity index (χ0) is 30.9. The van der Waals surface area contributed by atoms with Crippen molar-refractivity contribution < 1.29 is 27.5 Å². The minimum atomic E-state index is -4.52. The van der Waals surface area contributed by atoms with Gasteiger partial charge in [-0.25, -0.2) is 4.79 Å². The third-order valence-electron chi connectivity index (χ3n) is 8.07. The number of carbonyl (C=O) groups excluding carboxylic acids is 2. The van der Waals surface area contributed by atoms with Gasteiger partial charge in [-0.05, 0) is 86.0 Å². The summed E-state index contributed by atoms with van der Waals surface area (Å²) in [4.78, 5) is 45.9. The number of fused-ring (bicyclic) bond motifs is 4. The SMILES string of the molecule is CC(C)(C)OC(=O)N1CCC2(CCc3c2c(=O)n2nc(Br)nc2n3CC(=O)Nc2ccc(C(F)(F)F)c3sccc23)CC1. The maximum atomic E-state index is 13.8. The fourth-order valence-corrected chi connectivity index (χ4v) is 7.46. The normalized spacial score (nSPS) is 16.7. The van der Waals surface area contributed by atoms with Gasteiger partial charge in [-0.1, -0.05) is 0 Å². The van der Waals surface area contributed by atoms with Crippen molar-refractivity contribution in [2.75, 3.05) is 18.4 Å². The van der Waals surface area contributed by atoms with E-state index in [-0.39, 0.29) is 33.0 Å². The molecule has 43 heavy (non-hydrogen) atoms. The smallest absolute Gasteiger partial charge is 0.417 e. The molecule has 0 saturated carbocycles. The monoisotopic (exact) mass is 680 g/mol. The first kappa shape index (κ1) is 29.6. The quantitative estimate of drug-likeness (QED) is 0.296. The summed E-state index contributed by atoms with van der Waals surface area (Å²) >= 11 is 4.19. The number of hydrogen-bond acceptors (Lipinski definition) is 7. The summed E-state index contributed by atoms with van der Waals surface area (Å²) in [7, 11) is 0. The van der Waals surface area contributed by atoms with Crippen molar-refractivity contribution in [1.82, 2.24) is 24.1 Å². The molecule has 4 aromatic rings. The molecule has 0 unspecified atom stereocenters. The Hall–Kier alpha value is -3.46. The topological polar surface area (TPSA) is 111 Å². The summed E-state index contributed by atoms with van der Waals surface area (Å²) in [6.07, 6.45) is -2.65. The number of likely N-dealkylation sites (tertiary alicyclic amines) is 1. The summed E-state index contributed by atoms with van der Waals surface area (Å²) in [6, 6.07) is 3.76. The van der Waals surface area contributed by atoms with Gasteiger partial charge >= 0.3 is 12.3 Å². The summed E-state index contributed by atoms with van der Waals surface area (Å²) < 4.78 is 49.1. The van der Waals surface area contributed by atoms with E-state index in [4.69, 9.17) is 4.74 Å². The van der Waals surface area contributed by atoms with Gasteiger partial charge in [0.25, 0.3) is 5.56 Å². The molecule has 1 saturated heterocycles. The van der Waals surface area contributed by atoms with E-state index in [1.54, 1.807) is 20.9 Å². The van der Waals surface area contributed by atoms with Crippen LogP contribution in [0.5, 0.6) is 0 Å². The Kier molecular flexibility index (Phi) is 7.11. The Balaban J connectivity index is 1.32. The first-order chi connectivity index (χ1) is 20.2. The number of amides is 2. The van der Waals surface area contributed by atoms with Crippen molar-refractivity contribution in [3.8, 4) is 0 Å². The van der Waals surface area contributed by atoms with Crippen LogP contribution < -0.4 is 10.9 Å². The van der Waals surface area contributed by atoms with Crippen LogP contribution in [0, 0.1) is 0 Å². The van der Waals surface area contributed by atoms with E-state index in [2.05, 4.69) is 31.3 Å². The molecule has 1 aromatic carbocycles. The lowest BCUT2D eigenvalue weighted by Gasteiger charge is -2.39. The molecule has 6 rings (SSSR count). The van der Waals surface area contributed by atoms with Crippen LogP contribution in [0.3, 0.4) is 0 Å². The number of nitrogens with one attached hydrogen (secondary N) is 1. The number of alkyl halides is 3. The van der Waals surface area contributed by atoms with E-state index in [0.717, 1.165) is 17.4 Å². The Morgan fingerprint density at radius 2 is 1.86 bits per heavy atom. The minimum absolute atomic E-state index is 0.0398. The number of carbonyl (C=O) groups is 2. The number of rotatable bonds is 3. The van der Waals surface area contributed by atoms with Gasteiger partial charge in [0.2, 0.25) is 16.4 Å². The molecule has 4 heterocycles. The number of benzene rings is 1. The highest BCUT2D eigenvalue weighted by Crippen LogP contribution is 2.45. The molecule has 1 N–H and O–H groups in total. The molecular formula is C28H28BrF3N6O4S. The molecular weight excluding hydrogens is 653 g/mol. The number of thiophene rings is 1. The maximum absolute atomic E-state index is 13.8. The fourth-order valence-electron chi connectivity index (χ4n) is 6.19. The van der Waals surface area contributed by atoms with E-state index < -0.39 is 34.8 Å². The minimum Gasteiger partial charge on any atom is -0.444 e. The second kappa shape index (κ2) is 10.3. The van der Waals surface area contributed by atoms with E-state index in [0.29, 0.717) is 55.4 Å². The lowest BCUT2D eigenvalue weighted by atomic mass is 9.74. The predicted octanol–water partition coefficient (Wildman–Crippen LogP) is 5.74. The highest BCUT2D eigenvalue weighted by Gasteiger charge is 2.46. The van der Waals surface area contributed by atoms with Crippen LogP contribution in [-0.2, 0) is 34.1 Å². The summed E-state index contributed by atoms with van der Waals surface area (Å²) in [5, 5.41) is 8.84. The van der Waals surface area contributed by atoms with Crippen molar-refractivity contribution in [2.24, 2.45) is 0 Å². The van der Waals surface area contributed by atoms with Crippen LogP contribution in [-0.4, -0.2) is 54.8 Å². The average molecular weight is 682 g/mol. The molecule has 0 bridgehead atoms. The van der Waals surface area contributed by atoms with Crippen LogP contribution >= 0.6 is 27.3 Å². The molecule has 0 radical (unpaired) electrons. The van der Waals surface area contributed by atoms with Gasteiger partial charge in [0.05, 0.1) is 5.56 Å². The first-order valence-electron chi connectivity index (χ1n) is 13.7. The van der Waals surface area contributed by atoms with Crippen LogP contribution in [0.25, 0.3) is 15.9 Å². The van der Waals surface area contributed by atoms with Crippen molar-refractivity contribution in [2.45, 2.75) is 70.2 Å². The molecule has 228 valence electrons. The maximum Gasteiger partial charge on any atom is 0.417 e. The summed E-state index contributed by atoms with van der Waals surface area (Å²) in [5.41, 5.74) is -0.710. The van der Waals surface area contributed by atoms with Crippen molar-refractivity contribution in [3.05, 3.63) is 55.5 Å². The van der Waals surface area contributed by atoms with Gasteiger partial charge in [0.1, 0.15) is 12.1 Å². The number of aromatic nitrogens is 4. The van der Waals surface area contributed by atoms with Crippen LogP contribution in [0.4, 0.5) is 23.7 Å². The second-order valence-electron chi connectivity index (χ2n) is 11.9. The molecule has 2 aliphatic rings. The number of nitrogens with zero attached hydrogens (tertiary/aromatic N) is 5. The lowest BCUT2D eigenvalue weighted by Crippen LogP contribution is -2.47. The van der Waals surface area contributed by atoms with Gasteiger partial charge < -0.3 is 19.5 Å². The van der Waals surface area contributed by atoms with Gasteiger partial charge in [-0.3, -0.25) is 9.59 Å². The molecule has 10 nitrogen and oxygen atoms in total. The van der Waals surface area contributed by atoms with Crippen LogP contribution in [0.15, 0.2) is 33.1 Å². The van der Waals surface area contributed by atoms with Gasteiger partial charge in [0, 0.05) is 45.5 Å². The second-order valence-corrected chi connectivity index (χ2v) is 13.5. The molecule has 3 aromatic heterocycles. The Labute approximate surface area is 256 Å². The molecule has 0 atom stereocenters. The van der Waals surface area contributed by atoms with Gasteiger partial charge in [-0.2, -0.15) is 22.7 Å². The first-order valence-corrected chi connectivity index (χ1v) is 15.4. The summed E-state index contributed by atoms with van der Waals surface area (Å²) in [6.45, 7) is 6.03. The number of ether oxygens (including phenoxy) is 1. The Morgan fingerprint density at radius 3 is 2.53 bits per heavy atom. The predicted molar refractivity (Wildman–Crippen MR) is 157 cm³/mol.